The molecular formula is C11H12BrN3O2. The molecule has 0 bridgehead atoms. The molecule has 0 aliphatic heterocycles. The van der Waals surface area contributed by atoms with Crippen LogP contribution in [0, 0.1) is 0 Å². The van der Waals surface area contributed by atoms with Crippen molar-refractivity contribution in [1.82, 2.24) is 14.9 Å². The van der Waals surface area contributed by atoms with Crippen LogP contribution in [0.5, 0.6) is 5.75 Å². The summed E-state index contributed by atoms with van der Waals surface area (Å²) in [4.78, 5) is 20.0. The van der Waals surface area contributed by atoms with Crippen LogP contribution in [0.2, 0.25) is 0 Å². The molecule has 90 valence electrons. The van der Waals surface area contributed by atoms with E-state index < -0.39 is 0 Å². The predicted octanol–water partition coefficient (Wildman–Crippen LogP) is 1.79. The fraction of sp³-hybridized carbons (Fsp3) is 0.273. The Bertz CT molecular complexity index is 551. The SMILES string of the molecule is CN(C)C(=O)COc1cc2nc[nH]c2cc1Br. The van der Waals surface area contributed by atoms with Gasteiger partial charge in [-0.25, -0.2) is 4.98 Å². The molecule has 1 N–H and O–H groups in total. The number of aromatic amines is 1. The summed E-state index contributed by atoms with van der Waals surface area (Å²) in [6.45, 7) is 0.0154. The zero-order chi connectivity index (χ0) is 12.4. The summed E-state index contributed by atoms with van der Waals surface area (Å²) >= 11 is 3.39. The Balaban J connectivity index is 2.17. The minimum absolute atomic E-state index is 0.0154. The van der Waals surface area contributed by atoms with Crippen molar-refractivity contribution in [3.8, 4) is 5.75 Å². The second-order valence-corrected chi connectivity index (χ2v) is 4.63. The monoisotopic (exact) mass is 297 g/mol. The van der Waals surface area contributed by atoms with Gasteiger partial charge in [-0.3, -0.25) is 4.79 Å². The van der Waals surface area contributed by atoms with E-state index in [1.165, 1.54) is 4.90 Å². The van der Waals surface area contributed by atoms with E-state index >= 15 is 0 Å². The molecule has 1 heterocycles. The topological polar surface area (TPSA) is 58.2 Å². The average molecular weight is 298 g/mol. The molecule has 0 atom stereocenters. The van der Waals surface area contributed by atoms with Gasteiger partial charge >= 0.3 is 0 Å². The zero-order valence-electron chi connectivity index (χ0n) is 9.53. The highest BCUT2D eigenvalue weighted by atomic mass is 79.9. The molecule has 0 unspecified atom stereocenters. The first-order valence-corrected chi connectivity index (χ1v) is 5.83. The molecule has 0 spiro atoms. The maximum atomic E-state index is 11.4. The molecule has 2 aromatic rings. The summed E-state index contributed by atoms with van der Waals surface area (Å²) in [7, 11) is 3.38. The number of carbonyl (C=O) groups excluding carboxylic acids is 1. The Hall–Kier alpha value is -1.56. The van der Waals surface area contributed by atoms with E-state index in [2.05, 4.69) is 25.9 Å². The van der Waals surface area contributed by atoms with Crippen LogP contribution in [-0.2, 0) is 4.79 Å². The smallest absolute Gasteiger partial charge is 0.259 e. The van der Waals surface area contributed by atoms with Gasteiger partial charge in [-0.05, 0) is 22.0 Å². The maximum absolute atomic E-state index is 11.4. The van der Waals surface area contributed by atoms with E-state index in [-0.39, 0.29) is 12.5 Å². The number of benzene rings is 1. The van der Waals surface area contributed by atoms with Gasteiger partial charge in [-0.1, -0.05) is 0 Å². The highest BCUT2D eigenvalue weighted by molar-refractivity contribution is 9.10. The Labute approximate surface area is 107 Å². The zero-order valence-corrected chi connectivity index (χ0v) is 11.1. The number of aromatic nitrogens is 2. The number of hydrogen-bond acceptors (Lipinski definition) is 3. The lowest BCUT2D eigenvalue weighted by Gasteiger charge is -2.12. The quantitative estimate of drug-likeness (QED) is 0.940. The number of halogens is 1. The second kappa shape index (κ2) is 4.75. The first-order valence-electron chi connectivity index (χ1n) is 5.03. The fourth-order valence-corrected chi connectivity index (χ4v) is 1.77. The Morgan fingerprint density at radius 1 is 1.53 bits per heavy atom. The average Bonchev–Trinajstić information content (AvgIpc) is 2.72. The van der Waals surface area contributed by atoms with Gasteiger partial charge in [0.1, 0.15) is 5.75 Å². The lowest BCUT2D eigenvalue weighted by molar-refractivity contribution is -0.130. The number of hydrogen-bond donors (Lipinski definition) is 1. The van der Waals surface area contributed by atoms with Gasteiger partial charge in [-0.15, -0.1) is 0 Å². The summed E-state index contributed by atoms with van der Waals surface area (Å²) in [5.41, 5.74) is 1.73. The minimum Gasteiger partial charge on any atom is -0.483 e. The molecule has 0 saturated heterocycles. The number of H-pyrrole nitrogens is 1. The standard InChI is InChI=1S/C11H12BrN3O2/c1-15(2)11(16)5-17-10-4-9-8(3-7(10)12)13-6-14-9/h3-4,6H,5H2,1-2H3,(H,13,14). The Morgan fingerprint density at radius 2 is 2.29 bits per heavy atom. The van der Waals surface area contributed by atoms with Crippen LogP contribution in [0.1, 0.15) is 0 Å². The highest BCUT2D eigenvalue weighted by Gasteiger charge is 2.09. The number of fused-ring (bicyclic) bond motifs is 1. The molecule has 0 radical (unpaired) electrons. The van der Waals surface area contributed by atoms with Gasteiger partial charge < -0.3 is 14.6 Å². The van der Waals surface area contributed by atoms with Crippen molar-refractivity contribution in [2.45, 2.75) is 0 Å². The van der Waals surface area contributed by atoms with Gasteiger partial charge in [0.25, 0.3) is 5.91 Å². The number of ether oxygens (including phenoxy) is 1. The third-order valence-corrected chi connectivity index (χ3v) is 2.94. The Kier molecular flexibility index (Phi) is 3.33. The normalized spacial score (nSPS) is 10.5. The molecule has 1 aromatic carbocycles. The van der Waals surface area contributed by atoms with E-state index in [0.717, 1.165) is 15.5 Å². The van der Waals surface area contributed by atoms with Crippen molar-refractivity contribution in [3.05, 3.63) is 22.9 Å². The first kappa shape index (κ1) is 11.9. The van der Waals surface area contributed by atoms with E-state index in [9.17, 15) is 4.79 Å². The van der Waals surface area contributed by atoms with Crippen LogP contribution < -0.4 is 4.74 Å². The lowest BCUT2D eigenvalue weighted by atomic mass is 10.3. The van der Waals surface area contributed by atoms with Crippen molar-refractivity contribution < 1.29 is 9.53 Å². The van der Waals surface area contributed by atoms with Gasteiger partial charge in [-0.2, -0.15) is 0 Å². The number of nitrogens with zero attached hydrogens (tertiary/aromatic N) is 2. The molecule has 17 heavy (non-hydrogen) atoms. The number of amides is 1. The van der Waals surface area contributed by atoms with Crippen molar-refractivity contribution in [1.29, 1.82) is 0 Å². The summed E-state index contributed by atoms with van der Waals surface area (Å²) < 4.78 is 6.24. The number of likely N-dealkylation sites (N-methyl/N-ethyl adjacent to an activating group) is 1. The fourth-order valence-electron chi connectivity index (χ4n) is 1.32. The van der Waals surface area contributed by atoms with Crippen LogP contribution in [0.3, 0.4) is 0 Å². The summed E-state index contributed by atoms with van der Waals surface area (Å²) in [5, 5.41) is 0. The van der Waals surface area contributed by atoms with Crippen LogP contribution in [-0.4, -0.2) is 41.5 Å². The molecule has 1 amide bonds. The van der Waals surface area contributed by atoms with Crippen molar-refractivity contribution in [3.63, 3.8) is 0 Å². The van der Waals surface area contributed by atoms with Gasteiger partial charge in [0.15, 0.2) is 6.61 Å². The summed E-state index contributed by atoms with van der Waals surface area (Å²) in [6, 6.07) is 3.66. The van der Waals surface area contributed by atoms with E-state index in [4.69, 9.17) is 4.74 Å². The predicted molar refractivity (Wildman–Crippen MR) is 68.0 cm³/mol. The number of imidazole rings is 1. The van der Waals surface area contributed by atoms with Gasteiger partial charge in [0, 0.05) is 20.2 Å². The van der Waals surface area contributed by atoms with E-state index in [0.29, 0.717) is 5.75 Å². The maximum Gasteiger partial charge on any atom is 0.259 e. The molecule has 5 nitrogen and oxygen atoms in total. The third-order valence-electron chi connectivity index (χ3n) is 2.32. The van der Waals surface area contributed by atoms with Crippen molar-refractivity contribution in [2.24, 2.45) is 0 Å². The van der Waals surface area contributed by atoms with Crippen LogP contribution in [0.25, 0.3) is 11.0 Å². The minimum atomic E-state index is -0.0842. The van der Waals surface area contributed by atoms with E-state index in [1.54, 1.807) is 26.5 Å². The summed E-state index contributed by atoms with van der Waals surface area (Å²) in [6.07, 6.45) is 1.62. The largest absolute Gasteiger partial charge is 0.483 e. The summed E-state index contributed by atoms with van der Waals surface area (Å²) in [5.74, 6) is 0.527. The van der Waals surface area contributed by atoms with Crippen LogP contribution in [0.4, 0.5) is 0 Å². The van der Waals surface area contributed by atoms with Crippen LogP contribution >= 0.6 is 15.9 Å². The molecular weight excluding hydrogens is 286 g/mol. The molecule has 0 saturated carbocycles. The molecule has 0 fully saturated rings. The van der Waals surface area contributed by atoms with Gasteiger partial charge in [0.2, 0.25) is 0 Å². The second-order valence-electron chi connectivity index (χ2n) is 3.78. The Morgan fingerprint density at radius 3 is 3.00 bits per heavy atom. The first-order chi connectivity index (χ1) is 8.08. The number of nitrogens with one attached hydrogen (secondary N) is 1. The molecule has 2 rings (SSSR count). The molecule has 6 heteroatoms. The van der Waals surface area contributed by atoms with E-state index in [1.807, 2.05) is 6.07 Å². The number of carbonyl (C=O) groups is 1. The highest BCUT2D eigenvalue weighted by Crippen LogP contribution is 2.28. The lowest BCUT2D eigenvalue weighted by Crippen LogP contribution is -2.27. The third kappa shape index (κ3) is 2.58. The van der Waals surface area contributed by atoms with Crippen molar-refractivity contribution >= 4 is 32.9 Å². The molecule has 1 aromatic heterocycles. The molecule has 0 aliphatic carbocycles. The van der Waals surface area contributed by atoms with Crippen LogP contribution in [0.15, 0.2) is 22.9 Å². The van der Waals surface area contributed by atoms with Crippen molar-refractivity contribution in [2.75, 3.05) is 20.7 Å². The number of rotatable bonds is 3. The molecule has 0 aliphatic rings. The van der Waals surface area contributed by atoms with Gasteiger partial charge in [0.05, 0.1) is 21.8 Å².